The molecule has 0 amide bonds. The van der Waals surface area contributed by atoms with Crippen LogP contribution in [0.2, 0.25) is 0 Å². The van der Waals surface area contributed by atoms with Crippen LogP contribution in [0.25, 0.3) is 0 Å². The third-order valence-electron chi connectivity index (χ3n) is 2.79. The van der Waals surface area contributed by atoms with Gasteiger partial charge in [0.1, 0.15) is 0 Å². The summed E-state index contributed by atoms with van der Waals surface area (Å²) in [5.74, 6) is 0. The maximum atomic E-state index is 5.91. The van der Waals surface area contributed by atoms with Gasteiger partial charge in [-0.15, -0.1) is 0 Å². The van der Waals surface area contributed by atoms with E-state index in [4.69, 9.17) is 11.5 Å². The van der Waals surface area contributed by atoms with E-state index in [0.29, 0.717) is 0 Å². The largest absolute Gasteiger partial charge is 0.398 e. The minimum atomic E-state index is 0.0471. The van der Waals surface area contributed by atoms with Crippen LogP contribution in [0, 0.1) is 0 Å². The molecule has 4 N–H and O–H groups in total. The molecule has 0 saturated heterocycles. The highest BCUT2D eigenvalue weighted by Crippen LogP contribution is 2.29. The fourth-order valence-corrected chi connectivity index (χ4v) is 2.06. The summed E-state index contributed by atoms with van der Waals surface area (Å²) >= 11 is 0. The highest BCUT2D eigenvalue weighted by atomic mass is 14.7. The number of rotatable bonds is 1. The molecule has 2 heteroatoms. The van der Waals surface area contributed by atoms with Gasteiger partial charge in [0.25, 0.3) is 0 Å². The second-order valence-corrected chi connectivity index (χ2v) is 3.89. The van der Waals surface area contributed by atoms with E-state index in [1.165, 1.54) is 30.4 Å². The van der Waals surface area contributed by atoms with Crippen LogP contribution < -0.4 is 11.5 Å². The van der Waals surface area contributed by atoms with E-state index in [9.17, 15) is 0 Å². The smallest absolute Gasteiger partial charge is 0.0365 e. The third kappa shape index (κ3) is 1.42. The second-order valence-electron chi connectivity index (χ2n) is 3.89. The predicted octanol–water partition coefficient (Wildman–Crippen LogP) is 1.78. The van der Waals surface area contributed by atoms with Gasteiger partial charge < -0.3 is 11.5 Å². The Kier molecular flexibility index (Phi) is 2.00. The summed E-state index contributed by atoms with van der Waals surface area (Å²) in [6.07, 6.45) is 3.63. The molecule has 1 atom stereocenters. The van der Waals surface area contributed by atoms with Crippen molar-refractivity contribution in [1.29, 1.82) is 0 Å². The summed E-state index contributed by atoms with van der Waals surface area (Å²) in [5, 5.41) is 0. The lowest BCUT2D eigenvalue weighted by Crippen LogP contribution is -2.09. The standard InChI is InChI=1S/C11H16N2/c1-7(12)10-5-8-3-2-4-9(8)6-11(10)13/h5-7H,2-4,12-13H2,1H3. The zero-order valence-electron chi connectivity index (χ0n) is 8.01. The molecule has 0 aliphatic heterocycles. The average Bonchev–Trinajstić information content (AvgIpc) is 2.48. The zero-order chi connectivity index (χ0) is 9.42. The van der Waals surface area contributed by atoms with E-state index in [2.05, 4.69) is 12.1 Å². The van der Waals surface area contributed by atoms with Crippen LogP contribution in [0.5, 0.6) is 0 Å². The number of nitrogens with two attached hydrogens (primary N) is 2. The maximum absolute atomic E-state index is 5.91. The van der Waals surface area contributed by atoms with Crippen LogP contribution in [0.4, 0.5) is 5.69 Å². The van der Waals surface area contributed by atoms with Gasteiger partial charge in [-0.2, -0.15) is 0 Å². The Bertz CT molecular complexity index is 329. The van der Waals surface area contributed by atoms with Crippen LogP contribution in [-0.4, -0.2) is 0 Å². The first kappa shape index (κ1) is 8.57. The first-order valence-electron chi connectivity index (χ1n) is 4.85. The van der Waals surface area contributed by atoms with E-state index in [-0.39, 0.29) is 6.04 Å². The van der Waals surface area contributed by atoms with Gasteiger partial charge >= 0.3 is 0 Å². The molecule has 1 aliphatic rings. The summed E-state index contributed by atoms with van der Waals surface area (Å²) in [7, 11) is 0. The van der Waals surface area contributed by atoms with Crippen molar-refractivity contribution in [3.05, 3.63) is 28.8 Å². The van der Waals surface area contributed by atoms with Crippen molar-refractivity contribution < 1.29 is 0 Å². The molecule has 0 bridgehead atoms. The lowest BCUT2D eigenvalue weighted by atomic mass is 10.0. The highest BCUT2D eigenvalue weighted by Gasteiger charge is 2.14. The number of fused-ring (bicyclic) bond motifs is 1. The number of anilines is 1. The van der Waals surface area contributed by atoms with E-state index >= 15 is 0 Å². The molecule has 0 saturated carbocycles. The van der Waals surface area contributed by atoms with E-state index < -0.39 is 0 Å². The van der Waals surface area contributed by atoms with Crippen molar-refractivity contribution in [3.8, 4) is 0 Å². The topological polar surface area (TPSA) is 52.0 Å². The molecule has 0 spiro atoms. The van der Waals surface area contributed by atoms with Crippen LogP contribution in [0.3, 0.4) is 0 Å². The van der Waals surface area contributed by atoms with E-state index in [0.717, 1.165) is 11.3 Å². The maximum Gasteiger partial charge on any atom is 0.0365 e. The molecule has 2 nitrogen and oxygen atoms in total. The normalized spacial score (nSPS) is 17.1. The summed E-state index contributed by atoms with van der Waals surface area (Å²) in [4.78, 5) is 0. The van der Waals surface area contributed by atoms with Gasteiger partial charge in [0.05, 0.1) is 0 Å². The van der Waals surface area contributed by atoms with Gasteiger partial charge in [0, 0.05) is 11.7 Å². The monoisotopic (exact) mass is 176 g/mol. The highest BCUT2D eigenvalue weighted by molar-refractivity contribution is 5.54. The number of aryl methyl sites for hydroxylation is 2. The molecular weight excluding hydrogens is 160 g/mol. The van der Waals surface area contributed by atoms with Crippen molar-refractivity contribution in [3.63, 3.8) is 0 Å². The Balaban J connectivity index is 2.49. The van der Waals surface area contributed by atoms with Crippen molar-refractivity contribution in [2.45, 2.75) is 32.2 Å². The Morgan fingerprint density at radius 3 is 2.46 bits per heavy atom. The SMILES string of the molecule is CC(N)c1cc2c(cc1N)CCC2. The van der Waals surface area contributed by atoms with Crippen LogP contribution in [-0.2, 0) is 12.8 Å². The van der Waals surface area contributed by atoms with Gasteiger partial charge in [0.15, 0.2) is 0 Å². The van der Waals surface area contributed by atoms with Crippen LogP contribution in [0.15, 0.2) is 12.1 Å². The fourth-order valence-electron chi connectivity index (χ4n) is 2.06. The minimum Gasteiger partial charge on any atom is -0.398 e. The number of benzene rings is 1. The van der Waals surface area contributed by atoms with Crippen molar-refractivity contribution in [1.82, 2.24) is 0 Å². The molecule has 2 rings (SSSR count). The second kappa shape index (κ2) is 3.04. The van der Waals surface area contributed by atoms with Gasteiger partial charge in [-0.3, -0.25) is 0 Å². The van der Waals surface area contributed by atoms with Gasteiger partial charge in [0.2, 0.25) is 0 Å². The van der Waals surface area contributed by atoms with E-state index in [1.807, 2.05) is 6.92 Å². The molecule has 0 heterocycles. The molecule has 1 aliphatic carbocycles. The van der Waals surface area contributed by atoms with Gasteiger partial charge in [-0.05, 0) is 48.9 Å². The van der Waals surface area contributed by atoms with Crippen molar-refractivity contribution >= 4 is 5.69 Å². The number of hydrogen-bond acceptors (Lipinski definition) is 2. The molecule has 0 aromatic heterocycles. The Morgan fingerprint density at radius 1 is 1.23 bits per heavy atom. The molecule has 0 fully saturated rings. The van der Waals surface area contributed by atoms with Gasteiger partial charge in [-0.25, -0.2) is 0 Å². The van der Waals surface area contributed by atoms with Crippen molar-refractivity contribution in [2.24, 2.45) is 5.73 Å². The first-order chi connectivity index (χ1) is 6.18. The summed E-state index contributed by atoms with van der Waals surface area (Å²) in [6.45, 7) is 1.98. The summed E-state index contributed by atoms with van der Waals surface area (Å²) in [6, 6.07) is 4.33. The Hall–Kier alpha value is -1.02. The van der Waals surface area contributed by atoms with Crippen molar-refractivity contribution in [2.75, 3.05) is 5.73 Å². The van der Waals surface area contributed by atoms with Crippen LogP contribution in [0.1, 0.15) is 36.1 Å². The average molecular weight is 176 g/mol. The first-order valence-corrected chi connectivity index (χ1v) is 4.85. The summed E-state index contributed by atoms with van der Waals surface area (Å²) in [5.41, 5.74) is 16.6. The fraction of sp³-hybridized carbons (Fsp3) is 0.455. The number of nitrogen functional groups attached to an aromatic ring is 1. The zero-order valence-corrected chi connectivity index (χ0v) is 8.01. The molecule has 70 valence electrons. The molecule has 1 aromatic carbocycles. The van der Waals surface area contributed by atoms with Gasteiger partial charge in [-0.1, -0.05) is 6.07 Å². The molecule has 1 unspecified atom stereocenters. The van der Waals surface area contributed by atoms with Crippen LogP contribution >= 0.6 is 0 Å². The third-order valence-corrected chi connectivity index (χ3v) is 2.79. The lowest BCUT2D eigenvalue weighted by Gasteiger charge is -2.11. The lowest BCUT2D eigenvalue weighted by molar-refractivity contribution is 0.818. The quantitative estimate of drug-likeness (QED) is 0.641. The Morgan fingerprint density at radius 2 is 1.85 bits per heavy atom. The van der Waals surface area contributed by atoms with E-state index in [1.54, 1.807) is 0 Å². The Labute approximate surface area is 78.9 Å². The molecule has 1 aromatic rings. The molecule has 13 heavy (non-hydrogen) atoms. The summed E-state index contributed by atoms with van der Waals surface area (Å²) < 4.78 is 0. The number of hydrogen-bond donors (Lipinski definition) is 2. The molecule has 0 radical (unpaired) electrons. The minimum absolute atomic E-state index is 0.0471. The molecular formula is C11H16N2. The predicted molar refractivity (Wildman–Crippen MR) is 55.5 cm³/mol.